The van der Waals surface area contributed by atoms with Crippen molar-refractivity contribution in [3.8, 4) is 0 Å². The van der Waals surface area contributed by atoms with Gasteiger partial charge in [0.05, 0.1) is 6.61 Å². The molecule has 6 heteroatoms. The molecule has 1 aromatic rings. The lowest BCUT2D eigenvalue weighted by Gasteiger charge is -2.14. The number of carbonyl (C=O) groups excluding carboxylic acids is 1. The average Bonchev–Trinajstić information content (AvgIpc) is 2.34. The van der Waals surface area contributed by atoms with Crippen LogP contribution in [0, 0.1) is 11.6 Å². The van der Waals surface area contributed by atoms with Gasteiger partial charge in [0.2, 0.25) is 0 Å². The van der Waals surface area contributed by atoms with Gasteiger partial charge in [0.1, 0.15) is 6.04 Å². The molecule has 0 aliphatic heterocycles. The van der Waals surface area contributed by atoms with Gasteiger partial charge in [0, 0.05) is 10.6 Å². The minimum absolute atomic E-state index is 0.312. The number of benzene rings is 1. The third-order valence-electron chi connectivity index (χ3n) is 2.23. The number of esters is 1. The van der Waals surface area contributed by atoms with Crippen LogP contribution in [-0.2, 0) is 9.53 Å². The Hall–Kier alpha value is -1.14. The van der Waals surface area contributed by atoms with E-state index in [0.717, 1.165) is 12.1 Å². The van der Waals surface area contributed by atoms with Crippen molar-refractivity contribution in [1.29, 1.82) is 0 Å². The first-order chi connectivity index (χ1) is 8.58. The highest BCUT2D eigenvalue weighted by atomic mass is 32.2. The van der Waals surface area contributed by atoms with E-state index in [4.69, 9.17) is 4.74 Å². The van der Waals surface area contributed by atoms with Gasteiger partial charge in [-0.3, -0.25) is 4.79 Å². The third kappa shape index (κ3) is 4.27. The Bertz CT molecular complexity index is 415. The van der Waals surface area contributed by atoms with Gasteiger partial charge in [-0.2, -0.15) is 0 Å². The number of hydrogen-bond donors (Lipinski definition) is 1. The van der Waals surface area contributed by atoms with E-state index in [9.17, 15) is 13.6 Å². The standard InChI is InChI=1S/C12H15F2NO2S/c1-3-17-12(16)11(15-2)7-18-8-4-5-9(13)10(14)6-8/h4-6,11,15H,3,7H2,1-2H3. The molecular formula is C12H15F2NO2S. The van der Waals surface area contributed by atoms with Crippen LogP contribution in [-0.4, -0.2) is 31.4 Å². The average molecular weight is 275 g/mol. The normalized spacial score (nSPS) is 12.2. The first-order valence-electron chi connectivity index (χ1n) is 5.50. The highest BCUT2D eigenvalue weighted by Crippen LogP contribution is 2.21. The Balaban J connectivity index is 2.56. The van der Waals surface area contributed by atoms with E-state index < -0.39 is 17.7 Å². The molecule has 0 bridgehead atoms. The Morgan fingerprint density at radius 2 is 2.17 bits per heavy atom. The van der Waals surface area contributed by atoms with Gasteiger partial charge in [-0.1, -0.05) is 0 Å². The number of nitrogens with one attached hydrogen (secondary N) is 1. The molecular weight excluding hydrogens is 260 g/mol. The fourth-order valence-electron chi connectivity index (χ4n) is 1.26. The largest absolute Gasteiger partial charge is 0.465 e. The van der Waals surface area contributed by atoms with E-state index >= 15 is 0 Å². The zero-order valence-corrected chi connectivity index (χ0v) is 11.0. The van der Waals surface area contributed by atoms with Crippen LogP contribution >= 0.6 is 11.8 Å². The monoisotopic (exact) mass is 275 g/mol. The highest BCUT2D eigenvalue weighted by molar-refractivity contribution is 7.99. The molecule has 0 aromatic heterocycles. The van der Waals surface area contributed by atoms with Crippen LogP contribution in [0.3, 0.4) is 0 Å². The highest BCUT2D eigenvalue weighted by Gasteiger charge is 2.17. The van der Waals surface area contributed by atoms with Crippen molar-refractivity contribution in [2.45, 2.75) is 17.9 Å². The lowest BCUT2D eigenvalue weighted by molar-refractivity contribution is -0.144. The van der Waals surface area contributed by atoms with Gasteiger partial charge in [-0.25, -0.2) is 8.78 Å². The molecule has 0 aliphatic rings. The maximum absolute atomic E-state index is 13.0. The van der Waals surface area contributed by atoms with Gasteiger partial charge < -0.3 is 10.1 Å². The SMILES string of the molecule is CCOC(=O)C(CSc1ccc(F)c(F)c1)NC. The Labute approximate surface area is 109 Å². The first-order valence-corrected chi connectivity index (χ1v) is 6.48. The van der Waals surface area contributed by atoms with Crippen molar-refractivity contribution in [2.75, 3.05) is 19.4 Å². The maximum atomic E-state index is 13.0. The lowest BCUT2D eigenvalue weighted by atomic mass is 10.3. The van der Waals surface area contributed by atoms with Crippen LogP contribution in [0.1, 0.15) is 6.92 Å². The van der Waals surface area contributed by atoms with Crippen molar-refractivity contribution < 1.29 is 18.3 Å². The van der Waals surface area contributed by atoms with Crippen LogP contribution in [0.2, 0.25) is 0 Å². The van der Waals surface area contributed by atoms with Gasteiger partial charge in [-0.05, 0) is 32.2 Å². The lowest BCUT2D eigenvalue weighted by Crippen LogP contribution is -2.37. The Morgan fingerprint density at radius 3 is 2.72 bits per heavy atom. The van der Waals surface area contributed by atoms with E-state index in [1.165, 1.54) is 17.8 Å². The predicted octanol–water partition coefficient (Wildman–Crippen LogP) is 2.21. The molecule has 0 radical (unpaired) electrons. The molecule has 1 N–H and O–H groups in total. The van der Waals surface area contributed by atoms with Crippen LogP contribution in [0.25, 0.3) is 0 Å². The molecule has 0 saturated carbocycles. The minimum atomic E-state index is -0.892. The molecule has 0 aliphatic carbocycles. The van der Waals surface area contributed by atoms with Crippen molar-refractivity contribution >= 4 is 17.7 Å². The fraction of sp³-hybridized carbons (Fsp3) is 0.417. The Kier molecular flexibility index (Phi) is 6.07. The summed E-state index contributed by atoms with van der Waals surface area (Å²) in [5, 5.41) is 2.82. The number of halogens is 2. The van der Waals surface area contributed by atoms with Crippen molar-refractivity contribution in [3.63, 3.8) is 0 Å². The fourth-order valence-corrected chi connectivity index (χ4v) is 2.27. The van der Waals surface area contributed by atoms with E-state index in [2.05, 4.69) is 5.32 Å². The number of carbonyl (C=O) groups is 1. The molecule has 1 aromatic carbocycles. The first kappa shape index (κ1) is 14.9. The molecule has 0 amide bonds. The number of thioether (sulfide) groups is 1. The topological polar surface area (TPSA) is 38.3 Å². The zero-order chi connectivity index (χ0) is 13.5. The van der Waals surface area contributed by atoms with E-state index in [1.807, 2.05) is 0 Å². The molecule has 0 saturated heterocycles. The van der Waals surface area contributed by atoms with Crippen LogP contribution < -0.4 is 5.32 Å². The smallest absolute Gasteiger partial charge is 0.323 e. The summed E-state index contributed by atoms with van der Waals surface area (Å²) in [6, 6.07) is 3.18. The summed E-state index contributed by atoms with van der Waals surface area (Å²) in [4.78, 5) is 12.1. The third-order valence-corrected chi connectivity index (χ3v) is 3.31. The maximum Gasteiger partial charge on any atom is 0.323 e. The second kappa shape index (κ2) is 7.33. The molecule has 3 nitrogen and oxygen atoms in total. The molecule has 0 heterocycles. The second-order valence-corrected chi connectivity index (χ2v) is 4.57. The predicted molar refractivity (Wildman–Crippen MR) is 66.6 cm³/mol. The molecule has 1 rings (SSSR count). The Morgan fingerprint density at radius 1 is 1.44 bits per heavy atom. The van der Waals surface area contributed by atoms with Gasteiger partial charge >= 0.3 is 5.97 Å². The summed E-state index contributed by atoms with van der Waals surface area (Å²) in [5.41, 5.74) is 0. The number of hydrogen-bond acceptors (Lipinski definition) is 4. The van der Waals surface area contributed by atoms with Gasteiger partial charge in [0.25, 0.3) is 0 Å². The summed E-state index contributed by atoms with van der Waals surface area (Å²) in [6.45, 7) is 2.04. The number of ether oxygens (including phenoxy) is 1. The summed E-state index contributed by atoms with van der Waals surface area (Å²) in [5.74, 6) is -1.73. The van der Waals surface area contributed by atoms with Crippen LogP contribution in [0.5, 0.6) is 0 Å². The van der Waals surface area contributed by atoms with Crippen molar-refractivity contribution in [2.24, 2.45) is 0 Å². The van der Waals surface area contributed by atoms with Gasteiger partial charge in [-0.15, -0.1) is 11.8 Å². The molecule has 0 spiro atoms. The van der Waals surface area contributed by atoms with Crippen LogP contribution in [0.4, 0.5) is 8.78 Å². The van der Waals surface area contributed by atoms with E-state index in [-0.39, 0.29) is 5.97 Å². The second-order valence-electron chi connectivity index (χ2n) is 3.48. The van der Waals surface area contributed by atoms with E-state index in [0.29, 0.717) is 17.3 Å². The molecule has 0 fully saturated rings. The van der Waals surface area contributed by atoms with Crippen molar-refractivity contribution in [3.05, 3.63) is 29.8 Å². The number of likely N-dealkylation sites (N-methyl/N-ethyl adjacent to an activating group) is 1. The minimum Gasteiger partial charge on any atom is -0.465 e. The van der Waals surface area contributed by atoms with Crippen LogP contribution in [0.15, 0.2) is 23.1 Å². The summed E-state index contributed by atoms with van der Waals surface area (Å²) in [6.07, 6.45) is 0. The van der Waals surface area contributed by atoms with Crippen molar-refractivity contribution in [1.82, 2.24) is 5.32 Å². The zero-order valence-electron chi connectivity index (χ0n) is 10.2. The van der Waals surface area contributed by atoms with Gasteiger partial charge in [0.15, 0.2) is 11.6 Å². The molecule has 100 valence electrons. The summed E-state index contributed by atoms with van der Waals surface area (Å²) in [7, 11) is 1.65. The summed E-state index contributed by atoms with van der Waals surface area (Å²) < 4.78 is 30.6. The van der Waals surface area contributed by atoms with E-state index in [1.54, 1.807) is 14.0 Å². The summed E-state index contributed by atoms with van der Waals surface area (Å²) >= 11 is 1.26. The molecule has 18 heavy (non-hydrogen) atoms. The molecule has 1 atom stereocenters. The quantitative estimate of drug-likeness (QED) is 0.638. The number of rotatable bonds is 6. The molecule has 1 unspecified atom stereocenters.